The van der Waals surface area contributed by atoms with Crippen molar-refractivity contribution >= 4 is 33.4 Å². The van der Waals surface area contributed by atoms with Gasteiger partial charge in [0.05, 0.1) is 11.9 Å². The maximum atomic E-state index is 12.4. The van der Waals surface area contributed by atoms with Crippen molar-refractivity contribution < 1.29 is 9.53 Å². The van der Waals surface area contributed by atoms with E-state index >= 15 is 0 Å². The summed E-state index contributed by atoms with van der Waals surface area (Å²) in [5.41, 5.74) is 2.39. The predicted molar refractivity (Wildman–Crippen MR) is 84.8 cm³/mol. The van der Waals surface area contributed by atoms with E-state index < -0.39 is 5.60 Å². The number of nitrogens with zero attached hydrogens (tertiary/aromatic N) is 3. The summed E-state index contributed by atoms with van der Waals surface area (Å²) < 4.78 is 8.46. The van der Waals surface area contributed by atoms with Crippen LogP contribution in [-0.4, -0.2) is 27.6 Å². The number of ether oxygens (including phenoxy) is 1. The molecule has 2 aromatic heterocycles. The number of fused-ring (bicyclic) bond motifs is 3. The number of carbonyl (C=O) groups is 1. The van der Waals surface area contributed by atoms with Crippen molar-refractivity contribution in [2.45, 2.75) is 39.2 Å². The van der Waals surface area contributed by atoms with Gasteiger partial charge in [-0.25, -0.2) is 9.78 Å². The van der Waals surface area contributed by atoms with Crippen LogP contribution in [0.25, 0.3) is 5.65 Å². The Morgan fingerprint density at radius 2 is 2.14 bits per heavy atom. The molecule has 0 fully saturated rings. The van der Waals surface area contributed by atoms with E-state index in [0.29, 0.717) is 6.54 Å². The fraction of sp³-hybridized carbons (Fsp3) is 0.467. The SMILES string of the molecule is CC(C)(C)OC(=O)N1CCCc2c1ccc1ncc(Br)n21. The highest BCUT2D eigenvalue weighted by Gasteiger charge is 2.28. The van der Waals surface area contributed by atoms with Gasteiger partial charge in [-0.15, -0.1) is 0 Å². The number of pyridine rings is 1. The predicted octanol–water partition coefficient (Wildman–Crippen LogP) is 3.78. The molecular formula is C15H18BrN3O2. The first-order valence-corrected chi connectivity index (χ1v) is 7.81. The van der Waals surface area contributed by atoms with Gasteiger partial charge in [0, 0.05) is 12.2 Å². The molecule has 1 aliphatic rings. The Bertz CT molecular complexity index is 703. The van der Waals surface area contributed by atoms with Gasteiger partial charge in [0.2, 0.25) is 0 Å². The Labute approximate surface area is 132 Å². The van der Waals surface area contributed by atoms with Gasteiger partial charge in [-0.1, -0.05) is 0 Å². The van der Waals surface area contributed by atoms with Crippen molar-refractivity contribution in [2.24, 2.45) is 0 Å². The number of anilines is 1. The quantitative estimate of drug-likeness (QED) is 0.725. The van der Waals surface area contributed by atoms with Crippen LogP contribution in [0.2, 0.25) is 0 Å². The van der Waals surface area contributed by atoms with Crippen LogP contribution in [0, 0.1) is 0 Å². The Hall–Kier alpha value is -1.56. The highest BCUT2D eigenvalue weighted by molar-refractivity contribution is 9.10. The van der Waals surface area contributed by atoms with Crippen molar-refractivity contribution in [1.29, 1.82) is 0 Å². The Morgan fingerprint density at radius 3 is 2.86 bits per heavy atom. The minimum absolute atomic E-state index is 0.293. The van der Waals surface area contributed by atoms with E-state index in [4.69, 9.17) is 4.74 Å². The molecule has 3 heterocycles. The lowest BCUT2D eigenvalue weighted by Gasteiger charge is -2.32. The zero-order valence-corrected chi connectivity index (χ0v) is 14.0. The summed E-state index contributed by atoms with van der Waals surface area (Å²) in [6, 6.07) is 3.87. The first-order valence-electron chi connectivity index (χ1n) is 7.02. The molecule has 0 N–H and O–H groups in total. The smallest absolute Gasteiger partial charge is 0.414 e. The lowest BCUT2D eigenvalue weighted by molar-refractivity contribution is 0.0577. The molecule has 2 aromatic rings. The number of halogens is 1. The van der Waals surface area contributed by atoms with Gasteiger partial charge < -0.3 is 4.74 Å². The van der Waals surface area contributed by atoms with E-state index in [9.17, 15) is 4.79 Å². The standard InChI is InChI=1S/C15H18BrN3O2/c1-15(2,3)21-14(20)18-8-4-5-11-10(18)6-7-13-17-9-12(16)19(11)13/h6-7,9H,4-5,8H2,1-3H3. The molecule has 0 saturated heterocycles. The second-order valence-corrected chi connectivity index (χ2v) is 6.99. The fourth-order valence-corrected chi connectivity index (χ4v) is 3.11. The highest BCUT2D eigenvalue weighted by Crippen LogP contribution is 2.31. The average molecular weight is 352 g/mol. The Kier molecular flexibility index (Phi) is 3.43. The van der Waals surface area contributed by atoms with Gasteiger partial charge >= 0.3 is 6.09 Å². The van der Waals surface area contributed by atoms with Crippen LogP contribution in [-0.2, 0) is 11.2 Å². The largest absolute Gasteiger partial charge is 0.443 e. The van der Waals surface area contributed by atoms with Crippen molar-refractivity contribution in [3.05, 3.63) is 28.6 Å². The van der Waals surface area contributed by atoms with Gasteiger partial charge in [-0.05, 0) is 61.7 Å². The number of amides is 1. The number of hydrogen-bond donors (Lipinski definition) is 0. The lowest BCUT2D eigenvalue weighted by Crippen LogP contribution is -2.40. The van der Waals surface area contributed by atoms with Crippen LogP contribution < -0.4 is 4.90 Å². The molecule has 3 rings (SSSR count). The molecule has 1 aliphatic heterocycles. The summed E-state index contributed by atoms with van der Waals surface area (Å²) in [5, 5.41) is 0. The molecule has 0 unspecified atom stereocenters. The van der Waals surface area contributed by atoms with Crippen molar-refractivity contribution in [3.8, 4) is 0 Å². The first kappa shape index (κ1) is 14.4. The second kappa shape index (κ2) is 5.02. The fourth-order valence-electron chi connectivity index (χ4n) is 2.61. The van der Waals surface area contributed by atoms with Crippen LogP contribution in [0.5, 0.6) is 0 Å². The molecule has 1 amide bonds. The Morgan fingerprint density at radius 1 is 1.38 bits per heavy atom. The molecule has 0 aromatic carbocycles. The van der Waals surface area contributed by atoms with Crippen LogP contribution in [0.1, 0.15) is 32.9 Å². The monoisotopic (exact) mass is 351 g/mol. The third kappa shape index (κ3) is 2.64. The second-order valence-electron chi connectivity index (χ2n) is 6.18. The summed E-state index contributed by atoms with van der Waals surface area (Å²) in [7, 11) is 0. The number of carbonyl (C=O) groups excluding carboxylic acids is 1. The zero-order valence-electron chi connectivity index (χ0n) is 12.4. The molecule has 21 heavy (non-hydrogen) atoms. The summed E-state index contributed by atoms with van der Waals surface area (Å²) in [5.74, 6) is 0. The summed E-state index contributed by atoms with van der Waals surface area (Å²) in [6.45, 7) is 6.32. The van der Waals surface area contributed by atoms with Crippen LogP contribution in [0.15, 0.2) is 22.9 Å². The van der Waals surface area contributed by atoms with Crippen LogP contribution >= 0.6 is 15.9 Å². The van der Waals surface area contributed by atoms with Gasteiger partial charge in [0.25, 0.3) is 0 Å². The third-order valence-electron chi connectivity index (χ3n) is 3.40. The maximum Gasteiger partial charge on any atom is 0.414 e. The molecule has 5 nitrogen and oxygen atoms in total. The van der Waals surface area contributed by atoms with E-state index in [1.165, 1.54) is 0 Å². The van der Waals surface area contributed by atoms with Crippen LogP contribution in [0.4, 0.5) is 10.5 Å². The van der Waals surface area contributed by atoms with Crippen molar-refractivity contribution in [2.75, 3.05) is 11.4 Å². The molecule has 0 saturated carbocycles. The van der Waals surface area contributed by atoms with Crippen molar-refractivity contribution in [3.63, 3.8) is 0 Å². The minimum Gasteiger partial charge on any atom is -0.443 e. The molecular weight excluding hydrogens is 334 g/mol. The van der Waals surface area contributed by atoms with Crippen molar-refractivity contribution in [1.82, 2.24) is 9.38 Å². The molecule has 0 radical (unpaired) electrons. The highest BCUT2D eigenvalue weighted by atomic mass is 79.9. The summed E-state index contributed by atoms with van der Waals surface area (Å²) in [6.07, 6.45) is 3.32. The summed E-state index contributed by atoms with van der Waals surface area (Å²) >= 11 is 3.52. The van der Waals surface area contributed by atoms with Gasteiger partial charge in [-0.3, -0.25) is 9.30 Å². The van der Waals surface area contributed by atoms with E-state index in [-0.39, 0.29) is 6.09 Å². The van der Waals surface area contributed by atoms with E-state index in [1.54, 1.807) is 11.1 Å². The van der Waals surface area contributed by atoms with E-state index in [0.717, 1.165) is 34.5 Å². The Balaban J connectivity index is 2.04. The van der Waals surface area contributed by atoms with Gasteiger partial charge in [0.1, 0.15) is 15.9 Å². The molecule has 112 valence electrons. The summed E-state index contributed by atoms with van der Waals surface area (Å²) in [4.78, 5) is 18.5. The van der Waals surface area contributed by atoms with E-state index in [2.05, 4.69) is 20.9 Å². The lowest BCUT2D eigenvalue weighted by atomic mass is 10.1. The number of imidazole rings is 1. The molecule has 6 heteroatoms. The number of aryl methyl sites for hydroxylation is 1. The van der Waals surface area contributed by atoms with Gasteiger partial charge in [0.15, 0.2) is 0 Å². The first-order chi connectivity index (χ1) is 9.87. The maximum absolute atomic E-state index is 12.4. The number of rotatable bonds is 0. The minimum atomic E-state index is -0.492. The van der Waals surface area contributed by atoms with Crippen LogP contribution in [0.3, 0.4) is 0 Å². The number of aromatic nitrogens is 2. The topological polar surface area (TPSA) is 46.8 Å². The average Bonchev–Trinajstić information content (AvgIpc) is 2.78. The van der Waals surface area contributed by atoms with Gasteiger partial charge in [-0.2, -0.15) is 0 Å². The normalized spacial score (nSPS) is 15.1. The van der Waals surface area contributed by atoms with E-state index in [1.807, 2.05) is 37.3 Å². The third-order valence-corrected chi connectivity index (χ3v) is 3.96. The zero-order chi connectivity index (χ0) is 15.2. The number of hydrogen-bond acceptors (Lipinski definition) is 3. The molecule has 0 spiro atoms. The molecule has 0 bridgehead atoms. The molecule has 0 atom stereocenters. The molecule has 0 aliphatic carbocycles.